The molecule has 0 aliphatic rings. The minimum Gasteiger partial charge on any atom is -0.247 e. The summed E-state index contributed by atoms with van der Waals surface area (Å²) in [5, 5.41) is 5.59. The van der Waals surface area contributed by atoms with E-state index in [0.717, 1.165) is 24.0 Å². The van der Waals surface area contributed by atoms with Crippen molar-refractivity contribution < 1.29 is 0 Å². The molecule has 0 aliphatic carbocycles. The second-order valence-electron chi connectivity index (χ2n) is 3.83. The molecule has 0 aliphatic heterocycles. The number of aryl methyl sites for hydroxylation is 1. The highest BCUT2D eigenvalue weighted by molar-refractivity contribution is 6.33. The van der Waals surface area contributed by atoms with Gasteiger partial charge in [0.25, 0.3) is 0 Å². The highest BCUT2D eigenvalue weighted by Gasteiger charge is 2.07. The number of hydrogen-bond donors (Lipinski definition) is 0. The highest BCUT2D eigenvalue weighted by atomic mass is 35.5. The molecule has 0 atom stereocenters. The largest absolute Gasteiger partial charge is 0.247 e. The first-order valence-corrected chi connectivity index (χ1v) is 6.02. The normalized spacial score (nSPS) is 11.1. The van der Waals surface area contributed by atoms with E-state index in [1.165, 1.54) is 25.6 Å². The van der Waals surface area contributed by atoms with Crippen molar-refractivity contribution in [1.29, 1.82) is 0 Å². The molecule has 0 saturated heterocycles. The molecule has 2 rings (SSSR count). The Kier molecular flexibility index (Phi) is 3.72. The average Bonchev–Trinajstić information content (AvgIpc) is 2.70. The van der Waals surface area contributed by atoms with Crippen molar-refractivity contribution in [3.05, 3.63) is 17.7 Å². The summed E-state index contributed by atoms with van der Waals surface area (Å²) in [5.41, 5.74) is 0.830. The molecule has 86 valence electrons. The second-order valence-corrected chi connectivity index (χ2v) is 4.19. The Morgan fingerprint density at radius 1 is 1.25 bits per heavy atom. The van der Waals surface area contributed by atoms with Gasteiger partial charge in [-0.3, -0.25) is 0 Å². The highest BCUT2D eigenvalue weighted by Crippen LogP contribution is 2.18. The zero-order valence-corrected chi connectivity index (χ0v) is 10.1. The van der Waals surface area contributed by atoms with Crippen LogP contribution in [-0.4, -0.2) is 19.7 Å². The summed E-state index contributed by atoms with van der Waals surface area (Å²) in [6.07, 6.45) is 8.10. The van der Waals surface area contributed by atoms with Gasteiger partial charge in [0.1, 0.15) is 11.5 Å². The summed E-state index contributed by atoms with van der Waals surface area (Å²) in [6, 6.07) is 0. The minimum absolute atomic E-state index is 0.477. The van der Waals surface area contributed by atoms with Crippen LogP contribution in [0.25, 0.3) is 11.0 Å². The molecule has 0 aromatic carbocycles. The maximum Gasteiger partial charge on any atom is 0.162 e. The van der Waals surface area contributed by atoms with Gasteiger partial charge >= 0.3 is 0 Å². The fourth-order valence-electron chi connectivity index (χ4n) is 1.72. The quantitative estimate of drug-likeness (QED) is 0.594. The van der Waals surface area contributed by atoms with Crippen LogP contribution in [0.2, 0.25) is 5.15 Å². The van der Waals surface area contributed by atoms with Crippen LogP contribution in [-0.2, 0) is 6.54 Å². The van der Waals surface area contributed by atoms with E-state index in [4.69, 9.17) is 11.6 Å². The van der Waals surface area contributed by atoms with Crippen LogP contribution in [0.5, 0.6) is 0 Å². The lowest BCUT2D eigenvalue weighted by atomic mass is 10.2. The smallest absolute Gasteiger partial charge is 0.162 e. The molecule has 0 spiro atoms. The van der Waals surface area contributed by atoms with E-state index in [0.29, 0.717) is 5.15 Å². The summed E-state index contributed by atoms with van der Waals surface area (Å²) >= 11 is 5.95. The third kappa shape index (κ3) is 2.32. The molecule has 0 saturated carbocycles. The van der Waals surface area contributed by atoms with Gasteiger partial charge in [-0.15, -0.1) is 0 Å². The van der Waals surface area contributed by atoms with Crippen molar-refractivity contribution in [1.82, 2.24) is 19.7 Å². The van der Waals surface area contributed by atoms with Gasteiger partial charge in [0, 0.05) is 6.54 Å². The summed E-state index contributed by atoms with van der Waals surface area (Å²) in [7, 11) is 0. The molecule has 0 fully saturated rings. The van der Waals surface area contributed by atoms with Crippen LogP contribution in [0.4, 0.5) is 0 Å². The van der Waals surface area contributed by atoms with Crippen molar-refractivity contribution in [2.45, 2.75) is 39.2 Å². The third-order valence-electron chi connectivity index (χ3n) is 2.61. The molecule has 2 heterocycles. The fraction of sp³-hybridized carbons (Fsp3) is 0.545. The summed E-state index contributed by atoms with van der Waals surface area (Å²) in [5.74, 6) is 0. The van der Waals surface area contributed by atoms with E-state index in [9.17, 15) is 0 Å². The first kappa shape index (κ1) is 11.3. The van der Waals surface area contributed by atoms with Crippen molar-refractivity contribution in [3.63, 3.8) is 0 Å². The fourth-order valence-corrected chi connectivity index (χ4v) is 1.89. The van der Waals surface area contributed by atoms with E-state index in [-0.39, 0.29) is 0 Å². The average molecular weight is 239 g/mol. The maximum atomic E-state index is 5.95. The monoisotopic (exact) mass is 238 g/mol. The Balaban J connectivity index is 2.10. The number of halogens is 1. The molecule has 4 nitrogen and oxygen atoms in total. The maximum absolute atomic E-state index is 5.95. The van der Waals surface area contributed by atoms with Crippen LogP contribution in [0.15, 0.2) is 12.5 Å². The number of hydrogen-bond acceptors (Lipinski definition) is 3. The number of fused-ring (bicyclic) bond motifs is 1. The third-order valence-corrected chi connectivity index (χ3v) is 2.91. The zero-order valence-electron chi connectivity index (χ0n) is 9.36. The van der Waals surface area contributed by atoms with Crippen molar-refractivity contribution in [2.24, 2.45) is 0 Å². The van der Waals surface area contributed by atoms with Gasteiger partial charge in [0.05, 0.1) is 11.6 Å². The van der Waals surface area contributed by atoms with Crippen molar-refractivity contribution in [3.8, 4) is 0 Å². The van der Waals surface area contributed by atoms with E-state index >= 15 is 0 Å². The van der Waals surface area contributed by atoms with Gasteiger partial charge in [-0.1, -0.05) is 37.8 Å². The first-order chi connectivity index (χ1) is 7.83. The van der Waals surface area contributed by atoms with E-state index < -0.39 is 0 Å². The molecule has 5 heteroatoms. The SMILES string of the molecule is CCCCCCn1ncc2c(Cl)ncnc21. The Bertz CT molecular complexity index is 466. The Morgan fingerprint density at radius 3 is 2.94 bits per heavy atom. The molecule has 2 aromatic heterocycles. The zero-order chi connectivity index (χ0) is 11.4. The molecule has 0 N–H and O–H groups in total. The van der Waals surface area contributed by atoms with Crippen LogP contribution in [0.3, 0.4) is 0 Å². The molecule has 16 heavy (non-hydrogen) atoms. The van der Waals surface area contributed by atoms with Crippen LogP contribution in [0, 0.1) is 0 Å². The number of aromatic nitrogens is 4. The van der Waals surface area contributed by atoms with E-state index in [2.05, 4.69) is 22.0 Å². The Hall–Kier alpha value is -1.16. The minimum atomic E-state index is 0.477. The van der Waals surface area contributed by atoms with Crippen LogP contribution < -0.4 is 0 Å². The van der Waals surface area contributed by atoms with Crippen LogP contribution in [0.1, 0.15) is 32.6 Å². The number of unbranched alkanes of at least 4 members (excludes halogenated alkanes) is 3. The Morgan fingerprint density at radius 2 is 2.12 bits per heavy atom. The Labute approximate surface area is 99.7 Å². The molecule has 0 amide bonds. The number of rotatable bonds is 5. The van der Waals surface area contributed by atoms with Crippen molar-refractivity contribution >= 4 is 22.6 Å². The summed E-state index contributed by atoms with van der Waals surface area (Å²) < 4.78 is 1.90. The molecule has 2 aromatic rings. The second kappa shape index (κ2) is 5.25. The topological polar surface area (TPSA) is 43.6 Å². The predicted molar refractivity (Wildman–Crippen MR) is 64.5 cm³/mol. The molecular formula is C11H15ClN4. The van der Waals surface area contributed by atoms with Gasteiger partial charge in [0.2, 0.25) is 0 Å². The van der Waals surface area contributed by atoms with E-state index in [1.807, 2.05) is 4.68 Å². The van der Waals surface area contributed by atoms with Crippen LogP contribution >= 0.6 is 11.6 Å². The van der Waals surface area contributed by atoms with Gasteiger partial charge in [0.15, 0.2) is 5.65 Å². The van der Waals surface area contributed by atoms with Gasteiger partial charge in [-0.25, -0.2) is 14.6 Å². The lowest BCUT2D eigenvalue weighted by Crippen LogP contribution is -2.01. The standard InChI is InChI=1S/C11H15ClN4/c1-2-3-4-5-6-16-11-9(7-15-16)10(12)13-8-14-11/h7-8H,2-6H2,1H3. The first-order valence-electron chi connectivity index (χ1n) is 5.65. The van der Waals surface area contributed by atoms with E-state index in [1.54, 1.807) is 6.20 Å². The number of nitrogens with zero attached hydrogens (tertiary/aromatic N) is 4. The lowest BCUT2D eigenvalue weighted by molar-refractivity contribution is 0.550. The van der Waals surface area contributed by atoms with Crippen molar-refractivity contribution in [2.75, 3.05) is 0 Å². The van der Waals surface area contributed by atoms with Gasteiger partial charge in [-0.05, 0) is 6.42 Å². The van der Waals surface area contributed by atoms with Gasteiger partial charge in [-0.2, -0.15) is 5.10 Å². The molecule has 0 bridgehead atoms. The molecule has 0 radical (unpaired) electrons. The molecular weight excluding hydrogens is 224 g/mol. The summed E-state index contributed by atoms with van der Waals surface area (Å²) in [6.45, 7) is 3.10. The molecule has 0 unspecified atom stereocenters. The van der Waals surface area contributed by atoms with Gasteiger partial charge < -0.3 is 0 Å². The summed E-state index contributed by atoms with van der Waals surface area (Å²) in [4.78, 5) is 8.14. The predicted octanol–water partition coefficient (Wildman–Crippen LogP) is 3.06. The lowest BCUT2D eigenvalue weighted by Gasteiger charge is -2.02.